The van der Waals surface area contributed by atoms with Gasteiger partial charge in [-0.1, -0.05) is 19.8 Å². The second-order valence-electron chi connectivity index (χ2n) is 5.78. The van der Waals surface area contributed by atoms with Crippen LogP contribution in [0.2, 0.25) is 0 Å². The van der Waals surface area contributed by atoms with Crippen molar-refractivity contribution in [2.45, 2.75) is 32.6 Å². The van der Waals surface area contributed by atoms with Crippen molar-refractivity contribution in [3.05, 3.63) is 18.3 Å². The number of pyridine rings is 1. The monoisotopic (exact) mass is 247 g/mol. The van der Waals surface area contributed by atoms with Crippen molar-refractivity contribution >= 4 is 11.5 Å². The van der Waals surface area contributed by atoms with Crippen LogP contribution >= 0.6 is 0 Å². The number of hydrogen-bond donors (Lipinski definition) is 1. The molecule has 0 spiro atoms. The van der Waals surface area contributed by atoms with Crippen molar-refractivity contribution < 1.29 is 0 Å². The molecule has 1 N–H and O–H groups in total. The molecule has 0 saturated heterocycles. The molecule has 1 saturated carbocycles. The van der Waals surface area contributed by atoms with E-state index in [1.54, 1.807) is 0 Å². The smallest absolute Gasteiger partial charge is 0.151 e. The van der Waals surface area contributed by atoms with E-state index in [0.29, 0.717) is 0 Å². The number of nitrogens with zero attached hydrogens (tertiary/aromatic N) is 2. The van der Waals surface area contributed by atoms with Crippen molar-refractivity contribution in [3.8, 4) is 0 Å². The Morgan fingerprint density at radius 1 is 1.28 bits per heavy atom. The Labute approximate surface area is 111 Å². The van der Waals surface area contributed by atoms with Crippen LogP contribution in [0.15, 0.2) is 18.3 Å². The van der Waals surface area contributed by atoms with Crippen LogP contribution in [-0.2, 0) is 0 Å². The van der Waals surface area contributed by atoms with Crippen molar-refractivity contribution in [1.29, 1.82) is 0 Å². The van der Waals surface area contributed by atoms with Crippen LogP contribution in [0.1, 0.15) is 32.6 Å². The lowest BCUT2D eigenvalue weighted by Crippen LogP contribution is -2.21. The molecule has 1 aromatic rings. The summed E-state index contributed by atoms with van der Waals surface area (Å²) in [7, 11) is 4.08. The predicted octanol–water partition coefficient (Wildman–Crippen LogP) is 3.39. The number of nitrogens with one attached hydrogen (secondary N) is 1. The first-order chi connectivity index (χ1) is 8.66. The second kappa shape index (κ2) is 6.07. The molecule has 0 unspecified atom stereocenters. The van der Waals surface area contributed by atoms with Gasteiger partial charge < -0.3 is 10.2 Å². The summed E-state index contributed by atoms with van der Waals surface area (Å²) in [6, 6.07) is 4.12. The normalized spacial score (nSPS) is 23.7. The standard InChI is InChI=1S/C15H25N3/c1-12-6-8-13(9-7-12)11-17-14-5-4-10-16-15(14)18(2)3/h4-5,10,12-13,17H,6-9,11H2,1-3H3. The van der Waals surface area contributed by atoms with E-state index < -0.39 is 0 Å². The Bertz CT molecular complexity index is 368. The first-order valence-electron chi connectivity index (χ1n) is 7.03. The van der Waals surface area contributed by atoms with E-state index >= 15 is 0 Å². The van der Waals surface area contributed by atoms with Crippen LogP contribution in [0.5, 0.6) is 0 Å². The Morgan fingerprint density at radius 3 is 2.67 bits per heavy atom. The van der Waals surface area contributed by atoms with Crippen LogP contribution in [0, 0.1) is 11.8 Å². The van der Waals surface area contributed by atoms with Crippen molar-refractivity contribution in [3.63, 3.8) is 0 Å². The molecule has 0 bridgehead atoms. The van der Waals surface area contributed by atoms with E-state index in [4.69, 9.17) is 0 Å². The summed E-state index contributed by atoms with van der Waals surface area (Å²) in [5, 5.41) is 3.57. The van der Waals surface area contributed by atoms with Gasteiger partial charge in [-0.05, 0) is 36.8 Å². The first-order valence-corrected chi connectivity index (χ1v) is 7.03. The molecule has 1 aromatic heterocycles. The molecule has 18 heavy (non-hydrogen) atoms. The van der Waals surface area contributed by atoms with Gasteiger partial charge in [0.1, 0.15) is 0 Å². The summed E-state index contributed by atoms with van der Waals surface area (Å²) in [6.07, 6.45) is 7.36. The highest BCUT2D eigenvalue weighted by molar-refractivity contribution is 5.64. The quantitative estimate of drug-likeness (QED) is 0.884. The third kappa shape index (κ3) is 3.37. The molecule has 3 nitrogen and oxygen atoms in total. The Morgan fingerprint density at radius 2 is 2.00 bits per heavy atom. The minimum atomic E-state index is 0.830. The van der Waals surface area contributed by atoms with Gasteiger partial charge in [0.15, 0.2) is 5.82 Å². The van der Waals surface area contributed by atoms with Crippen LogP contribution in [0.4, 0.5) is 11.5 Å². The lowest BCUT2D eigenvalue weighted by atomic mass is 9.83. The average Bonchev–Trinajstić information content (AvgIpc) is 2.38. The van der Waals surface area contributed by atoms with E-state index in [0.717, 1.165) is 29.9 Å². The van der Waals surface area contributed by atoms with Gasteiger partial charge in [0.25, 0.3) is 0 Å². The highest BCUT2D eigenvalue weighted by Crippen LogP contribution is 2.29. The fraction of sp³-hybridized carbons (Fsp3) is 0.667. The van der Waals surface area contributed by atoms with Gasteiger partial charge in [0.2, 0.25) is 0 Å². The Hall–Kier alpha value is -1.25. The first kappa shape index (κ1) is 13.2. The van der Waals surface area contributed by atoms with E-state index in [2.05, 4.69) is 28.2 Å². The van der Waals surface area contributed by atoms with Crippen LogP contribution in [0.25, 0.3) is 0 Å². The number of anilines is 2. The third-order valence-electron chi connectivity index (χ3n) is 3.93. The molecule has 0 aromatic carbocycles. The lowest BCUT2D eigenvalue weighted by Gasteiger charge is -2.27. The number of hydrogen-bond acceptors (Lipinski definition) is 3. The zero-order valence-corrected chi connectivity index (χ0v) is 11.8. The number of rotatable bonds is 4. The van der Waals surface area contributed by atoms with Gasteiger partial charge in [-0.25, -0.2) is 4.98 Å². The molecule has 1 heterocycles. The van der Waals surface area contributed by atoms with E-state index in [1.165, 1.54) is 25.7 Å². The largest absolute Gasteiger partial charge is 0.382 e. The molecule has 0 radical (unpaired) electrons. The minimum Gasteiger partial charge on any atom is -0.382 e. The lowest BCUT2D eigenvalue weighted by molar-refractivity contribution is 0.300. The average molecular weight is 247 g/mol. The highest BCUT2D eigenvalue weighted by atomic mass is 15.2. The summed E-state index contributed by atoms with van der Waals surface area (Å²) in [5.41, 5.74) is 1.15. The maximum Gasteiger partial charge on any atom is 0.151 e. The third-order valence-corrected chi connectivity index (χ3v) is 3.93. The molecule has 3 heteroatoms. The molecule has 1 fully saturated rings. The van der Waals surface area contributed by atoms with Gasteiger partial charge in [0, 0.05) is 26.8 Å². The van der Waals surface area contributed by atoms with Gasteiger partial charge in [-0.3, -0.25) is 0 Å². The van der Waals surface area contributed by atoms with Crippen molar-refractivity contribution in [2.24, 2.45) is 11.8 Å². The molecular weight excluding hydrogens is 222 g/mol. The summed E-state index contributed by atoms with van der Waals surface area (Å²) < 4.78 is 0. The molecule has 0 amide bonds. The van der Waals surface area contributed by atoms with Crippen LogP contribution in [-0.4, -0.2) is 25.6 Å². The Balaban J connectivity index is 1.90. The predicted molar refractivity (Wildman–Crippen MR) is 78.2 cm³/mol. The molecule has 1 aliphatic carbocycles. The Kier molecular flexibility index (Phi) is 4.45. The maximum absolute atomic E-state index is 4.42. The summed E-state index contributed by atoms with van der Waals surface area (Å²) >= 11 is 0. The summed E-state index contributed by atoms with van der Waals surface area (Å²) in [4.78, 5) is 6.48. The van der Waals surface area contributed by atoms with E-state index in [-0.39, 0.29) is 0 Å². The topological polar surface area (TPSA) is 28.2 Å². The fourth-order valence-corrected chi connectivity index (χ4v) is 2.68. The van der Waals surface area contributed by atoms with E-state index in [1.807, 2.05) is 26.4 Å². The summed E-state index contributed by atoms with van der Waals surface area (Å²) in [5.74, 6) is 2.79. The van der Waals surface area contributed by atoms with Gasteiger partial charge >= 0.3 is 0 Å². The molecular formula is C15H25N3. The molecule has 0 atom stereocenters. The maximum atomic E-state index is 4.42. The molecule has 1 aliphatic rings. The van der Waals surface area contributed by atoms with E-state index in [9.17, 15) is 0 Å². The fourth-order valence-electron chi connectivity index (χ4n) is 2.68. The van der Waals surface area contributed by atoms with Crippen molar-refractivity contribution in [1.82, 2.24) is 4.98 Å². The van der Waals surface area contributed by atoms with Crippen molar-refractivity contribution in [2.75, 3.05) is 30.9 Å². The molecule has 100 valence electrons. The SMILES string of the molecule is CC1CCC(CNc2cccnc2N(C)C)CC1. The van der Waals surface area contributed by atoms with Gasteiger partial charge in [-0.2, -0.15) is 0 Å². The van der Waals surface area contributed by atoms with Crippen LogP contribution in [0.3, 0.4) is 0 Å². The van der Waals surface area contributed by atoms with Crippen LogP contribution < -0.4 is 10.2 Å². The zero-order valence-electron chi connectivity index (χ0n) is 11.8. The zero-order chi connectivity index (χ0) is 13.0. The number of aromatic nitrogens is 1. The molecule has 2 rings (SSSR count). The van der Waals surface area contributed by atoms with Gasteiger partial charge in [-0.15, -0.1) is 0 Å². The summed E-state index contributed by atoms with van der Waals surface area (Å²) in [6.45, 7) is 3.45. The minimum absolute atomic E-state index is 0.830. The highest BCUT2D eigenvalue weighted by Gasteiger charge is 2.18. The second-order valence-corrected chi connectivity index (χ2v) is 5.78. The van der Waals surface area contributed by atoms with Gasteiger partial charge in [0.05, 0.1) is 5.69 Å². The molecule has 0 aliphatic heterocycles.